The van der Waals surface area contributed by atoms with Crippen LogP contribution in [0.4, 0.5) is 0 Å². The van der Waals surface area contributed by atoms with Gasteiger partial charge in [-0.15, -0.1) is 0 Å². The Morgan fingerprint density at radius 3 is 2.92 bits per heavy atom. The molecule has 0 aromatic carbocycles. The van der Waals surface area contributed by atoms with Crippen molar-refractivity contribution in [2.24, 2.45) is 0 Å². The van der Waals surface area contributed by atoms with Gasteiger partial charge in [-0.25, -0.2) is 0 Å². The number of halogens is 1. The number of rotatable bonds is 1. The van der Waals surface area contributed by atoms with Crippen molar-refractivity contribution in [3.8, 4) is 11.5 Å². The van der Waals surface area contributed by atoms with Gasteiger partial charge in [-0.3, -0.25) is 5.10 Å². The first kappa shape index (κ1) is 7.36. The van der Waals surface area contributed by atoms with Crippen LogP contribution in [-0.4, -0.2) is 15.4 Å². The Kier molecular flexibility index (Phi) is 1.62. The third kappa shape index (κ3) is 1.00. The molecule has 0 aliphatic heterocycles. The van der Waals surface area contributed by atoms with Gasteiger partial charge >= 0.3 is 0 Å². The number of aromatic amines is 1. The van der Waals surface area contributed by atoms with Crippen molar-refractivity contribution < 1.29 is 4.52 Å². The van der Waals surface area contributed by atoms with Crippen molar-refractivity contribution in [2.75, 3.05) is 0 Å². The highest BCUT2D eigenvalue weighted by Gasteiger charge is 2.12. The highest BCUT2D eigenvalue weighted by molar-refractivity contribution is 6.33. The molecule has 0 spiro atoms. The molecule has 0 amide bonds. The molecule has 0 saturated heterocycles. The molecule has 62 valence electrons. The zero-order valence-electron chi connectivity index (χ0n) is 6.34. The van der Waals surface area contributed by atoms with Gasteiger partial charge in [0.2, 0.25) is 5.76 Å². The molecule has 0 unspecified atom stereocenters. The summed E-state index contributed by atoms with van der Waals surface area (Å²) in [4.78, 5) is 0. The van der Waals surface area contributed by atoms with Crippen molar-refractivity contribution in [3.05, 3.63) is 23.0 Å². The van der Waals surface area contributed by atoms with Gasteiger partial charge in [-0.1, -0.05) is 16.8 Å². The summed E-state index contributed by atoms with van der Waals surface area (Å²) in [7, 11) is 0. The van der Waals surface area contributed by atoms with Crippen LogP contribution in [0.3, 0.4) is 0 Å². The third-order valence-electron chi connectivity index (χ3n) is 1.54. The van der Waals surface area contributed by atoms with E-state index in [-0.39, 0.29) is 0 Å². The summed E-state index contributed by atoms with van der Waals surface area (Å²) in [5.41, 5.74) is 1.42. The molecular formula is C7H6ClN3O. The highest BCUT2D eigenvalue weighted by atomic mass is 35.5. The monoisotopic (exact) mass is 183 g/mol. The van der Waals surface area contributed by atoms with Crippen LogP contribution in [0.25, 0.3) is 11.5 Å². The number of hydrogen-bond acceptors (Lipinski definition) is 3. The van der Waals surface area contributed by atoms with Crippen molar-refractivity contribution in [3.63, 3.8) is 0 Å². The Hall–Kier alpha value is -1.29. The molecule has 2 aromatic rings. The summed E-state index contributed by atoms with van der Waals surface area (Å²) in [5, 5.41) is 10.8. The van der Waals surface area contributed by atoms with Crippen molar-refractivity contribution in [1.29, 1.82) is 0 Å². The Balaban J connectivity index is 2.55. The van der Waals surface area contributed by atoms with E-state index in [1.165, 1.54) is 0 Å². The van der Waals surface area contributed by atoms with Gasteiger partial charge in [0.25, 0.3) is 0 Å². The fraction of sp³-hybridized carbons (Fsp3) is 0.143. The zero-order valence-corrected chi connectivity index (χ0v) is 7.09. The number of aromatic nitrogens is 3. The summed E-state index contributed by atoms with van der Waals surface area (Å²) in [5.74, 6) is 0.534. The van der Waals surface area contributed by atoms with Gasteiger partial charge < -0.3 is 4.52 Å². The summed E-state index contributed by atoms with van der Waals surface area (Å²) in [6.07, 6.45) is 1.63. The van der Waals surface area contributed by atoms with Gasteiger partial charge in [-0.2, -0.15) is 5.10 Å². The van der Waals surface area contributed by atoms with Gasteiger partial charge in [-0.05, 0) is 13.0 Å². The lowest BCUT2D eigenvalue weighted by Gasteiger charge is -1.87. The molecule has 0 radical (unpaired) electrons. The maximum absolute atomic E-state index is 5.90. The molecular weight excluding hydrogens is 178 g/mol. The first-order valence-electron chi connectivity index (χ1n) is 3.40. The van der Waals surface area contributed by atoms with E-state index < -0.39 is 0 Å². The largest absolute Gasteiger partial charge is 0.353 e. The quantitative estimate of drug-likeness (QED) is 0.736. The Morgan fingerprint density at radius 2 is 2.42 bits per heavy atom. The summed E-state index contributed by atoms with van der Waals surface area (Å²) >= 11 is 5.90. The van der Waals surface area contributed by atoms with Crippen molar-refractivity contribution >= 4 is 11.6 Å². The first-order valence-corrected chi connectivity index (χ1v) is 3.78. The van der Waals surface area contributed by atoms with Crippen LogP contribution in [0.2, 0.25) is 5.02 Å². The SMILES string of the molecule is Cc1noc(-c2ccn[nH]2)c1Cl. The van der Waals surface area contributed by atoms with Crippen LogP contribution in [0.5, 0.6) is 0 Å². The highest BCUT2D eigenvalue weighted by Crippen LogP contribution is 2.28. The van der Waals surface area contributed by atoms with Gasteiger partial charge in [0.15, 0.2) is 0 Å². The minimum absolute atomic E-state index is 0.527. The van der Waals surface area contributed by atoms with Crippen LogP contribution >= 0.6 is 11.6 Å². The van der Waals surface area contributed by atoms with Crippen LogP contribution < -0.4 is 0 Å². The molecule has 0 bridgehead atoms. The van der Waals surface area contributed by atoms with Crippen molar-refractivity contribution in [2.45, 2.75) is 6.92 Å². The second kappa shape index (κ2) is 2.64. The number of nitrogens with zero attached hydrogens (tertiary/aromatic N) is 2. The van der Waals surface area contributed by atoms with Gasteiger partial charge in [0, 0.05) is 6.20 Å². The number of nitrogens with one attached hydrogen (secondary N) is 1. The van der Waals surface area contributed by atoms with E-state index in [1.54, 1.807) is 19.2 Å². The molecule has 5 heteroatoms. The van der Waals surface area contributed by atoms with Crippen LogP contribution in [0.1, 0.15) is 5.69 Å². The molecule has 2 rings (SSSR count). The van der Waals surface area contributed by atoms with Gasteiger partial charge in [0.1, 0.15) is 10.7 Å². The van der Waals surface area contributed by atoms with E-state index in [0.29, 0.717) is 16.5 Å². The Bertz CT molecular complexity index is 379. The number of hydrogen-bond donors (Lipinski definition) is 1. The molecule has 0 saturated carbocycles. The molecule has 0 atom stereocenters. The second-order valence-corrected chi connectivity index (χ2v) is 2.76. The standard InChI is InChI=1S/C7H6ClN3O/c1-4-6(8)7(12-11-4)5-2-3-9-10-5/h2-3H,1H3,(H,9,10). The Morgan fingerprint density at radius 1 is 1.58 bits per heavy atom. The predicted molar refractivity (Wildman–Crippen MR) is 43.8 cm³/mol. The first-order chi connectivity index (χ1) is 5.79. The minimum Gasteiger partial charge on any atom is -0.353 e. The molecule has 4 nitrogen and oxygen atoms in total. The molecule has 2 heterocycles. The molecule has 0 aliphatic carbocycles. The van der Waals surface area contributed by atoms with E-state index in [9.17, 15) is 0 Å². The zero-order chi connectivity index (χ0) is 8.55. The van der Waals surface area contributed by atoms with E-state index in [2.05, 4.69) is 15.4 Å². The van der Waals surface area contributed by atoms with Crippen LogP contribution in [0, 0.1) is 6.92 Å². The van der Waals surface area contributed by atoms with Gasteiger partial charge in [0.05, 0.1) is 5.69 Å². The lowest BCUT2D eigenvalue weighted by molar-refractivity contribution is 0.426. The third-order valence-corrected chi connectivity index (χ3v) is 1.98. The van der Waals surface area contributed by atoms with Crippen LogP contribution in [-0.2, 0) is 0 Å². The molecule has 0 aliphatic rings. The molecule has 0 fully saturated rings. The summed E-state index contributed by atoms with van der Waals surface area (Å²) in [6, 6.07) is 1.77. The number of H-pyrrole nitrogens is 1. The van der Waals surface area contributed by atoms with E-state index in [4.69, 9.17) is 16.1 Å². The molecule has 1 N–H and O–H groups in total. The minimum atomic E-state index is 0.527. The predicted octanol–water partition coefficient (Wildman–Crippen LogP) is 2.03. The van der Waals surface area contributed by atoms with Crippen LogP contribution in [0.15, 0.2) is 16.8 Å². The lowest BCUT2D eigenvalue weighted by atomic mass is 10.3. The smallest absolute Gasteiger partial charge is 0.203 e. The maximum Gasteiger partial charge on any atom is 0.203 e. The van der Waals surface area contributed by atoms with E-state index in [0.717, 1.165) is 5.69 Å². The van der Waals surface area contributed by atoms with Crippen molar-refractivity contribution in [1.82, 2.24) is 15.4 Å². The normalized spacial score (nSPS) is 10.5. The topological polar surface area (TPSA) is 54.7 Å². The second-order valence-electron chi connectivity index (χ2n) is 2.38. The van der Waals surface area contributed by atoms with E-state index >= 15 is 0 Å². The molecule has 12 heavy (non-hydrogen) atoms. The summed E-state index contributed by atoms with van der Waals surface area (Å²) in [6.45, 7) is 1.78. The lowest BCUT2D eigenvalue weighted by Crippen LogP contribution is -1.74. The average molecular weight is 184 g/mol. The molecule has 2 aromatic heterocycles. The number of aryl methyl sites for hydroxylation is 1. The average Bonchev–Trinajstić information content (AvgIpc) is 2.64. The van der Waals surface area contributed by atoms with E-state index in [1.807, 2.05) is 0 Å². The maximum atomic E-state index is 5.90. The summed E-state index contributed by atoms with van der Waals surface area (Å²) < 4.78 is 4.99. The fourth-order valence-electron chi connectivity index (χ4n) is 0.908. The Labute approximate surface area is 73.5 Å². The fourth-order valence-corrected chi connectivity index (χ4v) is 1.08.